The average molecular weight is 241 g/mol. The second-order valence-electron chi connectivity index (χ2n) is 6.62. The van der Waals surface area contributed by atoms with Crippen molar-refractivity contribution < 1.29 is 9.47 Å². The summed E-state index contributed by atoms with van der Waals surface area (Å²) in [5.41, 5.74) is 0.193. The van der Waals surface area contributed by atoms with E-state index in [1.54, 1.807) is 0 Å². The number of hydrogen-bond acceptors (Lipinski definition) is 3. The first-order valence-corrected chi connectivity index (χ1v) is 6.87. The first-order valence-electron chi connectivity index (χ1n) is 6.87. The predicted octanol–water partition coefficient (Wildman–Crippen LogP) is 2.20. The Hall–Kier alpha value is -0.120. The van der Waals surface area contributed by atoms with E-state index in [1.165, 1.54) is 6.42 Å². The summed E-state index contributed by atoms with van der Waals surface area (Å²) in [5.74, 6) is 0.711. The summed E-state index contributed by atoms with van der Waals surface area (Å²) in [6, 6.07) is 0.578. The first-order chi connectivity index (χ1) is 7.88. The second kappa shape index (κ2) is 4.52. The summed E-state index contributed by atoms with van der Waals surface area (Å²) in [7, 11) is 0. The maximum Gasteiger partial charge on any atom is 0.0750 e. The fraction of sp³-hybridized carbons (Fsp3) is 1.00. The second-order valence-corrected chi connectivity index (χ2v) is 6.62. The van der Waals surface area contributed by atoms with Gasteiger partial charge in [-0.25, -0.2) is 0 Å². The van der Waals surface area contributed by atoms with Crippen LogP contribution in [-0.2, 0) is 9.47 Å². The highest BCUT2D eigenvalue weighted by molar-refractivity contribution is 5.11. The number of nitrogens with one attached hydrogen (secondary N) is 1. The van der Waals surface area contributed by atoms with Crippen LogP contribution in [0.3, 0.4) is 0 Å². The third-order valence-electron chi connectivity index (χ3n) is 4.38. The third kappa shape index (κ3) is 2.38. The van der Waals surface area contributed by atoms with Gasteiger partial charge in [0.25, 0.3) is 0 Å². The van der Waals surface area contributed by atoms with Crippen molar-refractivity contribution in [3.63, 3.8) is 0 Å². The maximum atomic E-state index is 5.81. The number of fused-ring (bicyclic) bond motifs is 1. The minimum Gasteiger partial charge on any atom is -0.377 e. The Balaban J connectivity index is 1.87. The largest absolute Gasteiger partial charge is 0.377 e. The SMILES string of the molecule is CCOC(C)(C)CNC1C2CCOC2C1(C)C. The van der Waals surface area contributed by atoms with Gasteiger partial charge in [-0.3, -0.25) is 0 Å². The van der Waals surface area contributed by atoms with Crippen LogP contribution < -0.4 is 5.32 Å². The van der Waals surface area contributed by atoms with Gasteiger partial charge >= 0.3 is 0 Å². The van der Waals surface area contributed by atoms with E-state index in [2.05, 4.69) is 39.9 Å². The molecule has 3 atom stereocenters. The zero-order chi connectivity index (χ0) is 12.7. The van der Waals surface area contributed by atoms with Gasteiger partial charge in [0.05, 0.1) is 11.7 Å². The fourth-order valence-corrected chi connectivity index (χ4v) is 3.54. The summed E-state index contributed by atoms with van der Waals surface area (Å²) in [6.45, 7) is 13.6. The molecule has 0 amide bonds. The predicted molar refractivity (Wildman–Crippen MR) is 69.1 cm³/mol. The molecular weight excluding hydrogens is 214 g/mol. The lowest BCUT2D eigenvalue weighted by molar-refractivity contribution is -0.118. The smallest absolute Gasteiger partial charge is 0.0750 e. The van der Waals surface area contributed by atoms with Crippen LogP contribution >= 0.6 is 0 Å². The molecule has 0 bridgehead atoms. The van der Waals surface area contributed by atoms with E-state index in [9.17, 15) is 0 Å². The van der Waals surface area contributed by atoms with E-state index < -0.39 is 0 Å². The highest BCUT2D eigenvalue weighted by atomic mass is 16.5. The molecular formula is C14H27NO2. The molecule has 3 nitrogen and oxygen atoms in total. The van der Waals surface area contributed by atoms with Crippen LogP contribution in [0, 0.1) is 11.3 Å². The molecule has 0 aromatic rings. The quantitative estimate of drug-likeness (QED) is 0.800. The monoisotopic (exact) mass is 241 g/mol. The van der Waals surface area contributed by atoms with Crippen molar-refractivity contribution in [1.29, 1.82) is 0 Å². The summed E-state index contributed by atoms with van der Waals surface area (Å²) in [5, 5.41) is 3.70. The standard InChI is InChI=1S/C14H27NO2/c1-6-17-13(2,3)9-15-11-10-7-8-16-12(10)14(11,4)5/h10-12,15H,6-9H2,1-5H3. The van der Waals surface area contributed by atoms with Crippen LogP contribution in [0.4, 0.5) is 0 Å². The van der Waals surface area contributed by atoms with Crippen LogP contribution in [0.1, 0.15) is 41.0 Å². The molecule has 3 heteroatoms. The van der Waals surface area contributed by atoms with Crippen molar-refractivity contribution in [2.75, 3.05) is 19.8 Å². The average Bonchev–Trinajstić information content (AvgIpc) is 2.63. The zero-order valence-corrected chi connectivity index (χ0v) is 11.9. The Morgan fingerprint density at radius 1 is 1.41 bits per heavy atom. The summed E-state index contributed by atoms with van der Waals surface area (Å²) >= 11 is 0. The van der Waals surface area contributed by atoms with Gasteiger partial charge in [-0.15, -0.1) is 0 Å². The van der Waals surface area contributed by atoms with Crippen molar-refractivity contribution in [2.45, 2.75) is 58.8 Å². The molecule has 0 spiro atoms. The van der Waals surface area contributed by atoms with Gasteiger partial charge < -0.3 is 14.8 Å². The molecule has 0 aromatic heterocycles. The lowest BCUT2D eigenvalue weighted by Gasteiger charge is -2.55. The Labute approximate surface area is 105 Å². The molecule has 1 saturated heterocycles. The molecule has 1 N–H and O–H groups in total. The Morgan fingerprint density at radius 2 is 2.12 bits per heavy atom. The van der Waals surface area contributed by atoms with Gasteiger partial charge in [0.1, 0.15) is 0 Å². The van der Waals surface area contributed by atoms with Crippen LogP contribution in [0.2, 0.25) is 0 Å². The lowest BCUT2D eigenvalue weighted by atomic mass is 9.57. The molecule has 0 aromatic carbocycles. The van der Waals surface area contributed by atoms with E-state index in [0.717, 1.165) is 19.8 Å². The van der Waals surface area contributed by atoms with Crippen LogP contribution in [-0.4, -0.2) is 37.5 Å². The van der Waals surface area contributed by atoms with Crippen molar-refractivity contribution in [3.05, 3.63) is 0 Å². The van der Waals surface area contributed by atoms with Crippen LogP contribution in [0.5, 0.6) is 0 Å². The van der Waals surface area contributed by atoms with Crippen LogP contribution in [0.25, 0.3) is 0 Å². The third-order valence-corrected chi connectivity index (χ3v) is 4.38. The zero-order valence-electron chi connectivity index (χ0n) is 11.9. The summed E-state index contributed by atoms with van der Waals surface area (Å²) in [4.78, 5) is 0. The number of ether oxygens (including phenoxy) is 2. The molecule has 3 unspecified atom stereocenters. The van der Waals surface area contributed by atoms with E-state index in [-0.39, 0.29) is 11.0 Å². The first kappa shape index (κ1) is 13.3. The van der Waals surface area contributed by atoms with E-state index in [1.807, 2.05) is 0 Å². The Bertz CT molecular complexity index is 275. The minimum atomic E-state index is -0.0740. The molecule has 1 aliphatic carbocycles. The van der Waals surface area contributed by atoms with E-state index in [0.29, 0.717) is 18.1 Å². The minimum absolute atomic E-state index is 0.0740. The van der Waals surface area contributed by atoms with Gasteiger partial charge in [-0.05, 0) is 27.2 Å². The van der Waals surface area contributed by atoms with Gasteiger partial charge in [0.2, 0.25) is 0 Å². The summed E-state index contributed by atoms with van der Waals surface area (Å²) < 4.78 is 11.5. The number of hydrogen-bond donors (Lipinski definition) is 1. The Kier molecular flexibility index (Phi) is 3.54. The molecule has 17 heavy (non-hydrogen) atoms. The van der Waals surface area contributed by atoms with Crippen molar-refractivity contribution in [1.82, 2.24) is 5.32 Å². The van der Waals surface area contributed by atoms with Crippen molar-refractivity contribution in [3.8, 4) is 0 Å². The highest BCUT2D eigenvalue weighted by Crippen LogP contribution is 2.52. The fourth-order valence-electron chi connectivity index (χ4n) is 3.54. The molecule has 0 radical (unpaired) electrons. The molecule has 1 aliphatic heterocycles. The molecule has 2 rings (SSSR count). The van der Waals surface area contributed by atoms with E-state index >= 15 is 0 Å². The number of rotatable bonds is 5. The topological polar surface area (TPSA) is 30.5 Å². The van der Waals surface area contributed by atoms with Crippen molar-refractivity contribution in [2.24, 2.45) is 11.3 Å². The molecule has 1 heterocycles. The lowest BCUT2D eigenvalue weighted by Crippen LogP contribution is -2.67. The molecule has 2 aliphatic rings. The Morgan fingerprint density at radius 3 is 2.76 bits per heavy atom. The van der Waals surface area contributed by atoms with E-state index in [4.69, 9.17) is 9.47 Å². The van der Waals surface area contributed by atoms with Crippen LogP contribution in [0.15, 0.2) is 0 Å². The highest BCUT2D eigenvalue weighted by Gasteiger charge is 2.59. The van der Waals surface area contributed by atoms with Crippen molar-refractivity contribution >= 4 is 0 Å². The van der Waals surface area contributed by atoms with Gasteiger partial charge in [-0.2, -0.15) is 0 Å². The maximum absolute atomic E-state index is 5.81. The molecule has 100 valence electrons. The van der Waals surface area contributed by atoms with Gasteiger partial charge in [0, 0.05) is 37.1 Å². The van der Waals surface area contributed by atoms with Gasteiger partial charge in [0.15, 0.2) is 0 Å². The van der Waals surface area contributed by atoms with Gasteiger partial charge in [-0.1, -0.05) is 13.8 Å². The normalized spacial score (nSPS) is 35.5. The molecule has 1 saturated carbocycles. The summed E-state index contributed by atoms with van der Waals surface area (Å²) in [6.07, 6.45) is 1.68. The molecule has 2 fully saturated rings.